The maximum Gasteiger partial charge on any atom is 0.251 e. The van der Waals surface area contributed by atoms with Gasteiger partial charge in [0.2, 0.25) is 5.91 Å². The Labute approximate surface area is 143 Å². The second-order valence-electron chi connectivity index (χ2n) is 5.05. The lowest BCUT2D eigenvalue weighted by molar-refractivity contribution is -0.113. The van der Waals surface area contributed by atoms with Crippen LogP contribution < -0.4 is 10.6 Å². The number of thioether (sulfide) groups is 1. The number of aromatic nitrogens is 2. The zero-order valence-electron chi connectivity index (χ0n) is 13.0. The molecule has 0 spiro atoms. The molecule has 0 radical (unpaired) electrons. The summed E-state index contributed by atoms with van der Waals surface area (Å²) in [6.07, 6.45) is 0. The van der Waals surface area contributed by atoms with Gasteiger partial charge in [-0.3, -0.25) is 9.59 Å². The van der Waals surface area contributed by atoms with Crippen LogP contribution in [-0.4, -0.2) is 34.6 Å². The zero-order chi connectivity index (χ0) is 16.9. The molecule has 0 unspecified atom stereocenters. The molecule has 3 rings (SSSR count). The van der Waals surface area contributed by atoms with Crippen LogP contribution in [0.3, 0.4) is 0 Å². The van der Waals surface area contributed by atoms with Crippen molar-refractivity contribution in [3.63, 3.8) is 0 Å². The van der Waals surface area contributed by atoms with Gasteiger partial charge in [-0.1, -0.05) is 23.9 Å². The van der Waals surface area contributed by atoms with E-state index in [0.29, 0.717) is 16.4 Å². The minimum atomic E-state index is -0.159. The van der Waals surface area contributed by atoms with E-state index in [4.69, 9.17) is 0 Å². The molecule has 0 atom stereocenters. The van der Waals surface area contributed by atoms with Gasteiger partial charge in [0, 0.05) is 18.3 Å². The minimum absolute atomic E-state index is 0.131. The predicted molar refractivity (Wildman–Crippen MR) is 95.3 cm³/mol. The number of fused-ring (bicyclic) bond motifs is 1. The molecule has 0 aliphatic heterocycles. The summed E-state index contributed by atoms with van der Waals surface area (Å²) in [6, 6.07) is 14.5. The summed E-state index contributed by atoms with van der Waals surface area (Å²) in [5.74, 6) is -0.0433. The van der Waals surface area contributed by atoms with Gasteiger partial charge >= 0.3 is 0 Å². The van der Waals surface area contributed by atoms with E-state index >= 15 is 0 Å². The van der Waals surface area contributed by atoms with Crippen molar-refractivity contribution in [1.29, 1.82) is 0 Å². The van der Waals surface area contributed by atoms with Gasteiger partial charge in [-0.05, 0) is 36.4 Å². The molecule has 24 heavy (non-hydrogen) atoms. The number of hydrogen-bond acceptors (Lipinski definition) is 4. The number of anilines is 1. The summed E-state index contributed by atoms with van der Waals surface area (Å²) in [7, 11) is 1.58. The van der Waals surface area contributed by atoms with Crippen LogP contribution in [0.1, 0.15) is 10.4 Å². The summed E-state index contributed by atoms with van der Waals surface area (Å²) >= 11 is 1.34. The van der Waals surface area contributed by atoms with Gasteiger partial charge in [0.05, 0.1) is 16.8 Å². The normalized spacial score (nSPS) is 10.5. The highest BCUT2D eigenvalue weighted by atomic mass is 32.2. The maximum absolute atomic E-state index is 12.0. The minimum Gasteiger partial charge on any atom is -0.355 e. The number of carbonyl (C=O) groups excluding carboxylic acids is 2. The highest BCUT2D eigenvalue weighted by molar-refractivity contribution is 7.99. The van der Waals surface area contributed by atoms with Gasteiger partial charge < -0.3 is 15.6 Å². The fourth-order valence-electron chi connectivity index (χ4n) is 2.18. The third kappa shape index (κ3) is 3.75. The number of aromatic amines is 1. The number of H-pyrrole nitrogens is 1. The third-order valence-corrected chi connectivity index (χ3v) is 4.24. The number of hydrogen-bond donors (Lipinski definition) is 3. The Bertz CT molecular complexity index is 841. The lowest BCUT2D eigenvalue weighted by Gasteiger charge is -2.05. The van der Waals surface area contributed by atoms with E-state index in [1.807, 2.05) is 24.3 Å². The Kier molecular flexibility index (Phi) is 4.81. The standard InChI is InChI=1S/C17H16N4O2S/c1-18-16(23)11-6-8-12(9-7-11)19-15(22)10-24-17-20-13-4-2-3-5-14(13)21-17/h2-9H,10H2,1H3,(H,18,23)(H,19,22)(H,20,21). The van der Waals surface area contributed by atoms with E-state index in [9.17, 15) is 9.59 Å². The van der Waals surface area contributed by atoms with Crippen molar-refractivity contribution in [2.45, 2.75) is 5.16 Å². The summed E-state index contributed by atoms with van der Waals surface area (Å²) < 4.78 is 0. The van der Waals surface area contributed by atoms with Crippen molar-refractivity contribution in [3.05, 3.63) is 54.1 Å². The quantitative estimate of drug-likeness (QED) is 0.623. The molecule has 6 nitrogen and oxygen atoms in total. The van der Waals surface area contributed by atoms with Crippen molar-refractivity contribution in [2.24, 2.45) is 0 Å². The van der Waals surface area contributed by atoms with Crippen LogP contribution >= 0.6 is 11.8 Å². The molecule has 7 heteroatoms. The number of benzene rings is 2. The molecule has 122 valence electrons. The summed E-state index contributed by atoms with van der Waals surface area (Å²) in [5.41, 5.74) is 3.03. The van der Waals surface area contributed by atoms with Crippen LogP contribution in [0.15, 0.2) is 53.7 Å². The molecule has 1 heterocycles. The molecule has 3 aromatic rings. The van der Waals surface area contributed by atoms with Crippen molar-refractivity contribution >= 4 is 40.3 Å². The topological polar surface area (TPSA) is 86.9 Å². The first-order chi connectivity index (χ1) is 11.7. The monoisotopic (exact) mass is 340 g/mol. The van der Waals surface area contributed by atoms with Crippen molar-refractivity contribution in [2.75, 3.05) is 18.1 Å². The van der Waals surface area contributed by atoms with Crippen LogP contribution in [0.4, 0.5) is 5.69 Å². The first-order valence-corrected chi connectivity index (χ1v) is 8.34. The van der Waals surface area contributed by atoms with Gasteiger partial charge in [-0.25, -0.2) is 4.98 Å². The molecule has 0 saturated carbocycles. The number of nitrogens with one attached hydrogen (secondary N) is 3. The lowest BCUT2D eigenvalue weighted by Crippen LogP contribution is -2.18. The van der Waals surface area contributed by atoms with Crippen molar-refractivity contribution in [3.8, 4) is 0 Å². The van der Waals surface area contributed by atoms with Crippen molar-refractivity contribution < 1.29 is 9.59 Å². The number of para-hydroxylation sites is 2. The molecule has 2 aromatic carbocycles. The van der Waals surface area contributed by atoms with Gasteiger partial charge in [-0.15, -0.1) is 0 Å². The smallest absolute Gasteiger partial charge is 0.251 e. The van der Waals surface area contributed by atoms with E-state index in [1.165, 1.54) is 11.8 Å². The Morgan fingerprint density at radius 3 is 2.58 bits per heavy atom. The Balaban J connectivity index is 1.56. The van der Waals surface area contributed by atoms with E-state index in [-0.39, 0.29) is 17.6 Å². The SMILES string of the molecule is CNC(=O)c1ccc(NC(=O)CSc2nc3ccccc3[nH]2)cc1. The highest BCUT2D eigenvalue weighted by Crippen LogP contribution is 2.19. The van der Waals surface area contributed by atoms with Gasteiger partial charge in [0.1, 0.15) is 0 Å². The molecule has 0 saturated heterocycles. The zero-order valence-corrected chi connectivity index (χ0v) is 13.8. The number of imidazole rings is 1. The van der Waals surface area contributed by atoms with Gasteiger partial charge in [0.25, 0.3) is 5.91 Å². The number of rotatable bonds is 5. The van der Waals surface area contributed by atoms with Gasteiger partial charge in [0.15, 0.2) is 5.16 Å². The Morgan fingerprint density at radius 2 is 1.88 bits per heavy atom. The average Bonchev–Trinajstić information content (AvgIpc) is 3.03. The Hall–Kier alpha value is -2.80. The van der Waals surface area contributed by atoms with Crippen LogP contribution in [0.2, 0.25) is 0 Å². The van der Waals surface area contributed by atoms with Crippen LogP contribution in [0.25, 0.3) is 11.0 Å². The van der Waals surface area contributed by atoms with Crippen LogP contribution in [0.5, 0.6) is 0 Å². The molecule has 3 N–H and O–H groups in total. The highest BCUT2D eigenvalue weighted by Gasteiger charge is 2.08. The second-order valence-corrected chi connectivity index (χ2v) is 6.02. The number of nitrogens with zero attached hydrogens (tertiary/aromatic N) is 1. The number of carbonyl (C=O) groups is 2. The molecule has 0 bridgehead atoms. The van der Waals surface area contributed by atoms with Crippen LogP contribution in [0, 0.1) is 0 Å². The number of amides is 2. The fourth-order valence-corrected chi connectivity index (χ4v) is 2.86. The molecule has 0 aliphatic carbocycles. The maximum atomic E-state index is 12.0. The molecule has 2 amide bonds. The second kappa shape index (κ2) is 7.18. The van der Waals surface area contributed by atoms with E-state index in [1.54, 1.807) is 31.3 Å². The third-order valence-electron chi connectivity index (χ3n) is 3.37. The lowest BCUT2D eigenvalue weighted by atomic mass is 10.2. The molecule has 0 aliphatic rings. The largest absolute Gasteiger partial charge is 0.355 e. The van der Waals surface area contributed by atoms with E-state index < -0.39 is 0 Å². The summed E-state index contributed by atoms with van der Waals surface area (Å²) in [6.45, 7) is 0. The fraction of sp³-hybridized carbons (Fsp3) is 0.118. The molecular formula is C17H16N4O2S. The first-order valence-electron chi connectivity index (χ1n) is 7.35. The molecule has 0 fully saturated rings. The van der Waals surface area contributed by atoms with E-state index in [0.717, 1.165) is 11.0 Å². The summed E-state index contributed by atoms with van der Waals surface area (Å²) in [5, 5.41) is 6.06. The Morgan fingerprint density at radius 1 is 1.12 bits per heavy atom. The summed E-state index contributed by atoms with van der Waals surface area (Å²) in [4.78, 5) is 31.1. The predicted octanol–water partition coefficient (Wildman–Crippen LogP) is 2.65. The average molecular weight is 340 g/mol. The first kappa shape index (κ1) is 16.1. The van der Waals surface area contributed by atoms with Gasteiger partial charge in [-0.2, -0.15) is 0 Å². The molecule has 1 aromatic heterocycles. The van der Waals surface area contributed by atoms with Crippen molar-refractivity contribution in [1.82, 2.24) is 15.3 Å². The van der Waals surface area contributed by atoms with Crippen LogP contribution in [-0.2, 0) is 4.79 Å². The molecular weight excluding hydrogens is 324 g/mol. The van der Waals surface area contributed by atoms with E-state index in [2.05, 4.69) is 20.6 Å².